The molecular formula is C8H16ClNO2. The molecule has 0 spiro atoms. The van der Waals surface area contributed by atoms with Crippen LogP contribution in [0.2, 0.25) is 0 Å². The number of carbonyl (C=O) groups is 1. The molecule has 0 amide bonds. The van der Waals surface area contributed by atoms with Crippen LogP contribution in [0.1, 0.15) is 26.2 Å². The fourth-order valence-electron chi connectivity index (χ4n) is 1.39. The molecule has 1 aliphatic carbocycles. The molecule has 12 heavy (non-hydrogen) atoms. The summed E-state index contributed by atoms with van der Waals surface area (Å²) in [6, 6.07) is 0.148. The lowest BCUT2D eigenvalue weighted by molar-refractivity contribution is -0.123. The quantitative estimate of drug-likeness (QED) is 0.725. The molecular weight excluding hydrogens is 178 g/mol. The van der Waals surface area contributed by atoms with Gasteiger partial charge in [-0.05, 0) is 26.2 Å². The Balaban J connectivity index is 0.00000121. The van der Waals surface area contributed by atoms with Gasteiger partial charge >= 0.3 is 0 Å². The smallest absolute Gasteiger partial charge is 0.155 e. The van der Waals surface area contributed by atoms with E-state index in [0.717, 1.165) is 19.3 Å². The van der Waals surface area contributed by atoms with Crippen molar-refractivity contribution < 1.29 is 9.53 Å². The van der Waals surface area contributed by atoms with Crippen LogP contribution in [0.15, 0.2) is 0 Å². The van der Waals surface area contributed by atoms with Crippen LogP contribution < -0.4 is 5.73 Å². The summed E-state index contributed by atoms with van der Waals surface area (Å²) < 4.78 is 5.30. The SMILES string of the molecule is CC(=O)CO[C@H]1CCC[C@@H]1N.Cl. The molecule has 0 saturated heterocycles. The zero-order valence-electron chi connectivity index (χ0n) is 7.29. The number of halogens is 1. The van der Waals surface area contributed by atoms with Gasteiger partial charge in [0.1, 0.15) is 6.61 Å². The second-order valence-corrected chi connectivity index (χ2v) is 3.15. The van der Waals surface area contributed by atoms with Gasteiger partial charge in [-0.2, -0.15) is 0 Å². The lowest BCUT2D eigenvalue weighted by Crippen LogP contribution is -2.32. The first-order valence-corrected chi connectivity index (χ1v) is 4.07. The Kier molecular flexibility index (Phi) is 5.46. The second kappa shape index (κ2) is 5.51. The maximum atomic E-state index is 10.5. The van der Waals surface area contributed by atoms with Crippen molar-refractivity contribution in [1.82, 2.24) is 0 Å². The van der Waals surface area contributed by atoms with Crippen molar-refractivity contribution in [3.05, 3.63) is 0 Å². The van der Waals surface area contributed by atoms with Crippen molar-refractivity contribution >= 4 is 18.2 Å². The molecule has 0 heterocycles. The maximum Gasteiger partial charge on any atom is 0.155 e. The van der Waals surface area contributed by atoms with Gasteiger partial charge in [-0.1, -0.05) is 0 Å². The summed E-state index contributed by atoms with van der Waals surface area (Å²) in [6.07, 6.45) is 3.29. The third-order valence-corrected chi connectivity index (χ3v) is 2.00. The first-order valence-electron chi connectivity index (χ1n) is 4.07. The first-order chi connectivity index (χ1) is 5.20. The molecule has 2 atom stereocenters. The van der Waals surface area contributed by atoms with Gasteiger partial charge in [-0.25, -0.2) is 0 Å². The number of nitrogens with two attached hydrogens (primary N) is 1. The molecule has 1 saturated carbocycles. The van der Waals surface area contributed by atoms with E-state index in [2.05, 4.69) is 0 Å². The van der Waals surface area contributed by atoms with E-state index in [1.54, 1.807) is 0 Å². The molecule has 72 valence electrons. The lowest BCUT2D eigenvalue weighted by Gasteiger charge is -2.14. The molecule has 0 unspecified atom stereocenters. The van der Waals surface area contributed by atoms with E-state index in [1.807, 2.05) is 0 Å². The summed E-state index contributed by atoms with van der Waals surface area (Å²) in [5.74, 6) is 0.0732. The highest BCUT2D eigenvalue weighted by molar-refractivity contribution is 5.85. The van der Waals surface area contributed by atoms with E-state index in [0.29, 0.717) is 0 Å². The summed E-state index contributed by atoms with van der Waals surface area (Å²) in [6.45, 7) is 1.75. The van der Waals surface area contributed by atoms with Gasteiger partial charge in [0.15, 0.2) is 5.78 Å². The maximum absolute atomic E-state index is 10.5. The minimum atomic E-state index is 0. The highest BCUT2D eigenvalue weighted by Crippen LogP contribution is 2.19. The van der Waals surface area contributed by atoms with E-state index in [9.17, 15) is 4.79 Å². The van der Waals surface area contributed by atoms with Crippen molar-refractivity contribution in [2.24, 2.45) is 5.73 Å². The summed E-state index contributed by atoms with van der Waals surface area (Å²) in [5.41, 5.74) is 5.73. The van der Waals surface area contributed by atoms with Crippen molar-refractivity contribution in [3.63, 3.8) is 0 Å². The van der Waals surface area contributed by atoms with Crippen LogP contribution in [-0.2, 0) is 9.53 Å². The van der Waals surface area contributed by atoms with Crippen molar-refractivity contribution in [2.75, 3.05) is 6.61 Å². The van der Waals surface area contributed by atoms with Crippen LogP contribution in [0.25, 0.3) is 0 Å². The molecule has 3 nitrogen and oxygen atoms in total. The highest BCUT2D eigenvalue weighted by Gasteiger charge is 2.24. The molecule has 0 bridgehead atoms. The number of hydrogen-bond donors (Lipinski definition) is 1. The minimum Gasteiger partial charge on any atom is -0.369 e. The Labute approximate surface area is 79.1 Å². The normalized spacial score (nSPS) is 28.2. The van der Waals surface area contributed by atoms with Gasteiger partial charge in [0.05, 0.1) is 6.10 Å². The largest absolute Gasteiger partial charge is 0.369 e. The molecule has 0 radical (unpaired) electrons. The zero-order chi connectivity index (χ0) is 8.27. The molecule has 0 aromatic rings. The van der Waals surface area contributed by atoms with Crippen molar-refractivity contribution in [2.45, 2.75) is 38.3 Å². The number of carbonyl (C=O) groups excluding carboxylic acids is 1. The summed E-state index contributed by atoms with van der Waals surface area (Å²) in [7, 11) is 0. The van der Waals surface area contributed by atoms with Crippen LogP contribution >= 0.6 is 12.4 Å². The first kappa shape index (κ1) is 11.9. The standard InChI is InChI=1S/C8H15NO2.ClH/c1-6(10)5-11-8-4-2-3-7(8)9;/h7-8H,2-5,9H2,1H3;1H/t7-,8-;/m0./s1. The van der Waals surface area contributed by atoms with Gasteiger partial charge < -0.3 is 10.5 Å². The zero-order valence-corrected chi connectivity index (χ0v) is 8.10. The van der Waals surface area contributed by atoms with Crippen molar-refractivity contribution in [3.8, 4) is 0 Å². The van der Waals surface area contributed by atoms with Gasteiger partial charge in [-0.3, -0.25) is 4.79 Å². The molecule has 0 aliphatic heterocycles. The van der Waals surface area contributed by atoms with E-state index < -0.39 is 0 Å². The molecule has 0 aromatic heterocycles. The number of hydrogen-bond acceptors (Lipinski definition) is 3. The Morgan fingerprint density at radius 3 is 2.67 bits per heavy atom. The molecule has 2 N–H and O–H groups in total. The predicted molar refractivity (Wildman–Crippen MR) is 49.5 cm³/mol. The van der Waals surface area contributed by atoms with Crippen LogP contribution in [0.3, 0.4) is 0 Å². The van der Waals surface area contributed by atoms with E-state index in [1.165, 1.54) is 6.92 Å². The van der Waals surface area contributed by atoms with Crippen LogP contribution in [0.4, 0.5) is 0 Å². The Morgan fingerprint density at radius 1 is 1.58 bits per heavy atom. The average Bonchev–Trinajstić information content (AvgIpc) is 2.31. The van der Waals surface area contributed by atoms with Crippen molar-refractivity contribution in [1.29, 1.82) is 0 Å². The Morgan fingerprint density at radius 2 is 2.25 bits per heavy atom. The topological polar surface area (TPSA) is 52.3 Å². The Bertz CT molecular complexity index is 152. The minimum absolute atomic E-state index is 0. The molecule has 1 aliphatic rings. The Hall–Kier alpha value is -0.120. The van der Waals surface area contributed by atoms with E-state index >= 15 is 0 Å². The number of rotatable bonds is 3. The van der Waals surface area contributed by atoms with Gasteiger partial charge in [-0.15, -0.1) is 12.4 Å². The van der Waals surface area contributed by atoms with Crippen LogP contribution in [0.5, 0.6) is 0 Å². The van der Waals surface area contributed by atoms with Crippen LogP contribution in [0, 0.1) is 0 Å². The summed E-state index contributed by atoms with van der Waals surface area (Å²) in [5, 5.41) is 0. The number of ether oxygens (including phenoxy) is 1. The van der Waals surface area contributed by atoms with Gasteiger partial charge in [0.2, 0.25) is 0 Å². The third-order valence-electron chi connectivity index (χ3n) is 2.00. The monoisotopic (exact) mass is 193 g/mol. The summed E-state index contributed by atoms with van der Waals surface area (Å²) in [4.78, 5) is 10.5. The average molecular weight is 194 g/mol. The predicted octanol–water partition coefficient (Wildman–Crippen LogP) is 0.894. The number of ketones is 1. The van der Waals surface area contributed by atoms with Gasteiger partial charge in [0.25, 0.3) is 0 Å². The number of Topliss-reactive ketones (excluding diaryl/α,β-unsaturated/α-hetero) is 1. The highest BCUT2D eigenvalue weighted by atomic mass is 35.5. The lowest BCUT2D eigenvalue weighted by atomic mass is 10.2. The fourth-order valence-corrected chi connectivity index (χ4v) is 1.39. The molecule has 0 aromatic carbocycles. The summed E-state index contributed by atoms with van der Waals surface area (Å²) >= 11 is 0. The van der Waals surface area contributed by atoms with Crippen LogP contribution in [-0.4, -0.2) is 24.5 Å². The van der Waals surface area contributed by atoms with E-state index in [-0.39, 0.29) is 36.9 Å². The third kappa shape index (κ3) is 3.52. The fraction of sp³-hybridized carbons (Fsp3) is 0.875. The molecule has 1 fully saturated rings. The molecule has 4 heteroatoms. The molecule has 1 rings (SSSR count). The second-order valence-electron chi connectivity index (χ2n) is 3.15. The van der Waals surface area contributed by atoms with Gasteiger partial charge in [0, 0.05) is 6.04 Å². The van der Waals surface area contributed by atoms with E-state index in [4.69, 9.17) is 10.5 Å².